The number of azo groups is 1. The maximum Gasteiger partial charge on any atom is 0.150 e. The molecule has 3 aromatic carbocycles. The van der Waals surface area contributed by atoms with Crippen LogP contribution in [-0.2, 0) is 0 Å². The van der Waals surface area contributed by atoms with Crippen molar-refractivity contribution < 1.29 is 10.2 Å². The number of nitrogens with zero attached hydrogens (tertiary/aromatic N) is 2. The van der Waals surface area contributed by atoms with Gasteiger partial charge >= 0.3 is 0 Å². The van der Waals surface area contributed by atoms with E-state index in [0.717, 1.165) is 10.8 Å². The number of phenols is 2. The van der Waals surface area contributed by atoms with Crippen LogP contribution in [0.25, 0.3) is 10.8 Å². The Morgan fingerprint density at radius 3 is 2.25 bits per heavy atom. The summed E-state index contributed by atoms with van der Waals surface area (Å²) >= 11 is 0. The van der Waals surface area contributed by atoms with Crippen molar-refractivity contribution in [2.45, 2.75) is 0 Å². The first-order valence-electron chi connectivity index (χ1n) is 6.15. The highest BCUT2D eigenvalue weighted by atomic mass is 16.3. The number of hydrogen-bond donors (Lipinski definition) is 2. The Morgan fingerprint density at radius 1 is 0.700 bits per heavy atom. The third kappa shape index (κ3) is 2.31. The molecule has 3 aromatic rings. The second-order valence-electron chi connectivity index (χ2n) is 4.37. The Bertz CT molecular complexity index is 780. The molecule has 0 aromatic heterocycles. The monoisotopic (exact) mass is 264 g/mol. The van der Waals surface area contributed by atoms with Gasteiger partial charge in [-0.1, -0.05) is 30.3 Å². The van der Waals surface area contributed by atoms with Gasteiger partial charge in [0, 0.05) is 5.39 Å². The number of fused-ring (bicyclic) bond motifs is 1. The first-order chi connectivity index (χ1) is 9.74. The van der Waals surface area contributed by atoms with Crippen LogP contribution in [-0.4, -0.2) is 10.2 Å². The molecule has 4 nitrogen and oxygen atoms in total. The molecular formula is C16H12N2O2. The Kier molecular flexibility index (Phi) is 3.05. The van der Waals surface area contributed by atoms with Gasteiger partial charge < -0.3 is 10.2 Å². The van der Waals surface area contributed by atoms with Gasteiger partial charge in [-0.3, -0.25) is 0 Å². The molecule has 0 saturated heterocycles. The van der Waals surface area contributed by atoms with Gasteiger partial charge in [-0.15, -0.1) is 5.11 Å². The van der Waals surface area contributed by atoms with E-state index < -0.39 is 0 Å². The Hall–Kier alpha value is -2.88. The van der Waals surface area contributed by atoms with E-state index in [4.69, 9.17) is 0 Å². The average molecular weight is 264 g/mol. The summed E-state index contributed by atoms with van der Waals surface area (Å²) in [6, 6.07) is 17.5. The highest BCUT2D eigenvalue weighted by Crippen LogP contribution is 2.35. The molecule has 4 heteroatoms. The Morgan fingerprint density at radius 2 is 1.45 bits per heavy atom. The Labute approximate surface area is 115 Å². The fraction of sp³-hybridized carbons (Fsp3) is 0. The third-order valence-corrected chi connectivity index (χ3v) is 3.00. The summed E-state index contributed by atoms with van der Waals surface area (Å²) in [5.74, 6) is 0.295. The lowest BCUT2D eigenvalue weighted by Crippen LogP contribution is -1.74. The number of benzene rings is 3. The van der Waals surface area contributed by atoms with Gasteiger partial charge in [0.2, 0.25) is 0 Å². The maximum atomic E-state index is 10.2. The minimum absolute atomic E-state index is 0.116. The lowest BCUT2D eigenvalue weighted by molar-refractivity contribution is 0.475. The van der Waals surface area contributed by atoms with Gasteiger partial charge in [0.25, 0.3) is 0 Å². The first-order valence-corrected chi connectivity index (χ1v) is 6.15. The van der Waals surface area contributed by atoms with E-state index in [1.807, 2.05) is 30.3 Å². The highest BCUT2D eigenvalue weighted by Gasteiger charge is 2.04. The average Bonchev–Trinajstić information content (AvgIpc) is 2.49. The van der Waals surface area contributed by atoms with Crippen LogP contribution in [0.3, 0.4) is 0 Å². The minimum Gasteiger partial charge on any atom is -0.508 e. The van der Waals surface area contributed by atoms with Gasteiger partial charge in [0.05, 0.1) is 5.69 Å². The molecule has 0 heterocycles. The van der Waals surface area contributed by atoms with Crippen molar-refractivity contribution in [2.24, 2.45) is 10.2 Å². The van der Waals surface area contributed by atoms with E-state index in [1.165, 1.54) is 12.1 Å². The van der Waals surface area contributed by atoms with Crippen molar-refractivity contribution in [2.75, 3.05) is 0 Å². The predicted octanol–water partition coefficient (Wildman–Crippen LogP) is 4.67. The number of hydrogen-bond acceptors (Lipinski definition) is 4. The van der Waals surface area contributed by atoms with Crippen molar-refractivity contribution in [3.05, 3.63) is 60.7 Å². The van der Waals surface area contributed by atoms with Crippen molar-refractivity contribution in [1.82, 2.24) is 0 Å². The highest BCUT2D eigenvalue weighted by molar-refractivity contribution is 5.92. The van der Waals surface area contributed by atoms with Crippen LogP contribution in [0.1, 0.15) is 0 Å². The lowest BCUT2D eigenvalue weighted by Gasteiger charge is -2.03. The van der Waals surface area contributed by atoms with E-state index in [9.17, 15) is 10.2 Å². The predicted molar refractivity (Wildman–Crippen MR) is 77.9 cm³/mol. The summed E-state index contributed by atoms with van der Waals surface area (Å²) in [5.41, 5.74) is 1.02. The molecule has 0 fully saturated rings. The van der Waals surface area contributed by atoms with E-state index in [-0.39, 0.29) is 11.5 Å². The first kappa shape index (κ1) is 12.2. The summed E-state index contributed by atoms with van der Waals surface area (Å²) < 4.78 is 0. The molecule has 98 valence electrons. The number of rotatable bonds is 2. The molecule has 0 aliphatic rings. The molecule has 0 atom stereocenters. The van der Waals surface area contributed by atoms with Crippen molar-refractivity contribution in [3.63, 3.8) is 0 Å². The van der Waals surface area contributed by atoms with Gasteiger partial charge in [-0.25, -0.2) is 0 Å². The fourth-order valence-electron chi connectivity index (χ4n) is 1.96. The van der Waals surface area contributed by atoms with Gasteiger partial charge in [-0.05, 0) is 35.7 Å². The molecule has 20 heavy (non-hydrogen) atoms. The van der Waals surface area contributed by atoms with E-state index in [1.54, 1.807) is 18.2 Å². The Balaban J connectivity index is 1.98. The number of phenolic OH excluding ortho intramolecular Hbond substituents is 2. The second-order valence-corrected chi connectivity index (χ2v) is 4.37. The zero-order chi connectivity index (χ0) is 13.9. The molecular weight excluding hydrogens is 252 g/mol. The topological polar surface area (TPSA) is 65.2 Å². The molecule has 0 aliphatic heterocycles. The largest absolute Gasteiger partial charge is 0.508 e. The van der Waals surface area contributed by atoms with Crippen molar-refractivity contribution in [1.29, 1.82) is 0 Å². The molecule has 0 bridgehead atoms. The smallest absolute Gasteiger partial charge is 0.150 e. The maximum absolute atomic E-state index is 10.2. The third-order valence-electron chi connectivity index (χ3n) is 3.00. The standard InChI is InChI=1S/C16H12N2O2/c19-13-8-6-12(7-9-13)17-18-15-10-5-11-3-1-2-4-14(11)16(15)20/h1-10,19-20H. The minimum atomic E-state index is 0.116. The summed E-state index contributed by atoms with van der Waals surface area (Å²) in [7, 11) is 0. The molecule has 0 radical (unpaired) electrons. The summed E-state index contributed by atoms with van der Waals surface area (Å²) in [6.07, 6.45) is 0. The van der Waals surface area contributed by atoms with Gasteiger partial charge in [-0.2, -0.15) is 5.11 Å². The molecule has 0 unspecified atom stereocenters. The van der Waals surface area contributed by atoms with Gasteiger partial charge in [0.15, 0.2) is 5.75 Å². The molecule has 0 amide bonds. The van der Waals surface area contributed by atoms with E-state index in [2.05, 4.69) is 10.2 Å². The van der Waals surface area contributed by atoms with Crippen molar-refractivity contribution >= 4 is 22.1 Å². The molecule has 3 rings (SSSR count). The zero-order valence-electron chi connectivity index (χ0n) is 10.6. The summed E-state index contributed by atoms with van der Waals surface area (Å²) in [5, 5.41) is 29.2. The zero-order valence-corrected chi connectivity index (χ0v) is 10.6. The van der Waals surface area contributed by atoms with E-state index in [0.29, 0.717) is 11.4 Å². The summed E-state index contributed by atoms with van der Waals surface area (Å²) in [4.78, 5) is 0. The molecule has 0 spiro atoms. The van der Waals surface area contributed by atoms with Crippen LogP contribution in [0, 0.1) is 0 Å². The van der Waals surface area contributed by atoms with Crippen LogP contribution in [0.5, 0.6) is 11.5 Å². The molecule has 0 saturated carbocycles. The summed E-state index contributed by atoms with van der Waals surface area (Å²) in [6.45, 7) is 0. The van der Waals surface area contributed by atoms with Gasteiger partial charge in [0.1, 0.15) is 11.4 Å². The normalized spacial score (nSPS) is 11.2. The van der Waals surface area contributed by atoms with Crippen molar-refractivity contribution in [3.8, 4) is 11.5 Å². The van der Waals surface area contributed by atoms with E-state index >= 15 is 0 Å². The SMILES string of the molecule is Oc1ccc(N=Nc2ccc3ccccc3c2O)cc1. The molecule has 0 aliphatic carbocycles. The van der Waals surface area contributed by atoms with Crippen LogP contribution < -0.4 is 0 Å². The van der Waals surface area contributed by atoms with Crippen LogP contribution >= 0.6 is 0 Å². The molecule has 2 N–H and O–H groups in total. The lowest BCUT2D eigenvalue weighted by atomic mass is 10.1. The van der Waals surface area contributed by atoms with Crippen LogP contribution in [0.4, 0.5) is 11.4 Å². The van der Waals surface area contributed by atoms with Crippen LogP contribution in [0.15, 0.2) is 70.9 Å². The number of aromatic hydroxyl groups is 2. The fourth-order valence-corrected chi connectivity index (χ4v) is 1.96. The van der Waals surface area contributed by atoms with Crippen LogP contribution in [0.2, 0.25) is 0 Å². The quantitative estimate of drug-likeness (QED) is 0.661. The second kappa shape index (κ2) is 5.01.